The fraction of sp³-hybridized carbons (Fsp3) is 1.00. The molecule has 2 fully saturated rings. The maximum Gasteiger partial charge on any atom is 0.00110 e. The summed E-state index contributed by atoms with van der Waals surface area (Å²) in [6.07, 6.45) is 2.97. The largest absolute Gasteiger partial charge is 0.316 e. The standard InChI is InChI=1S/C7H13N.3C2H6/c1-6-4-8-5-7(6)2-3-7;3*1-2/h6,8H,2-5H2,1H3;3*1-2H3. The van der Waals surface area contributed by atoms with E-state index in [2.05, 4.69) is 12.2 Å². The molecule has 1 spiro atoms. The molecule has 0 aromatic heterocycles. The Hall–Kier alpha value is -0.0400. The second-order valence-electron chi connectivity index (χ2n) is 3.39. The van der Waals surface area contributed by atoms with Crippen molar-refractivity contribution in [2.75, 3.05) is 13.1 Å². The Labute approximate surface area is 91.7 Å². The smallest absolute Gasteiger partial charge is 0.00110 e. The highest BCUT2D eigenvalue weighted by molar-refractivity contribution is 5.02. The van der Waals surface area contributed by atoms with Gasteiger partial charge in [0.1, 0.15) is 0 Å². The van der Waals surface area contributed by atoms with Crippen LogP contribution in [0.5, 0.6) is 0 Å². The predicted molar refractivity (Wildman–Crippen MR) is 67.7 cm³/mol. The number of nitrogens with one attached hydrogen (secondary N) is 1. The van der Waals surface area contributed by atoms with Crippen LogP contribution < -0.4 is 5.32 Å². The molecule has 14 heavy (non-hydrogen) atoms. The molecule has 1 heteroatoms. The third kappa shape index (κ3) is 4.45. The van der Waals surface area contributed by atoms with Gasteiger partial charge in [0, 0.05) is 6.54 Å². The van der Waals surface area contributed by atoms with E-state index < -0.39 is 0 Å². The molecule has 1 N–H and O–H groups in total. The fourth-order valence-electron chi connectivity index (χ4n) is 1.76. The van der Waals surface area contributed by atoms with Crippen LogP contribution in [0.15, 0.2) is 0 Å². The van der Waals surface area contributed by atoms with Gasteiger partial charge in [0.25, 0.3) is 0 Å². The summed E-state index contributed by atoms with van der Waals surface area (Å²) in [4.78, 5) is 0. The van der Waals surface area contributed by atoms with Gasteiger partial charge < -0.3 is 5.32 Å². The molecule has 1 aliphatic carbocycles. The minimum atomic E-state index is 0.792. The highest BCUT2D eigenvalue weighted by atomic mass is 15.0. The molecule has 1 heterocycles. The van der Waals surface area contributed by atoms with Crippen LogP contribution in [-0.2, 0) is 0 Å². The maximum absolute atomic E-state index is 3.42. The van der Waals surface area contributed by atoms with E-state index in [1.54, 1.807) is 0 Å². The summed E-state index contributed by atoms with van der Waals surface area (Å²) in [5, 5.41) is 3.42. The van der Waals surface area contributed by atoms with Crippen LogP contribution in [0.3, 0.4) is 0 Å². The van der Waals surface area contributed by atoms with Crippen LogP contribution in [0.4, 0.5) is 0 Å². The van der Waals surface area contributed by atoms with Crippen molar-refractivity contribution in [2.45, 2.75) is 61.3 Å². The van der Waals surface area contributed by atoms with Crippen LogP contribution in [0, 0.1) is 11.3 Å². The molecule has 0 bridgehead atoms. The summed E-state index contributed by atoms with van der Waals surface area (Å²) in [6.45, 7) is 16.9. The van der Waals surface area contributed by atoms with Crippen LogP contribution in [-0.4, -0.2) is 13.1 Å². The second kappa shape index (κ2) is 9.51. The van der Waals surface area contributed by atoms with Gasteiger partial charge in [-0.2, -0.15) is 0 Å². The molecular formula is C13H31N. The maximum atomic E-state index is 3.42. The van der Waals surface area contributed by atoms with Crippen LogP contribution >= 0.6 is 0 Å². The van der Waals surface area contributed by atoms with Crippen molar-refractivity contribution in [3.8, 4) is 0 Å². The normalized spacial score (nSPS) is 24.6. The SMILES string of the molecule is CC.CC.CC.CC1CNCC12CC2. The third-order valence-corrected chi connectivity index (χ3v) is 2.87. The quantitative estimate of drug-likeness (QED) is 0.622. The van der Waals surface area contributed by atoms with Gasteiger partial charge in [-0.3, -0.25) is 0 Å². The van der Waals surface area contributed by atoms with Gasteiger partial charge in [0.15, 0.2) is 0 Å². The number of rotatable bonds is 0. The molecule has 1 atom stereocenters. The average molecular weight is 201 g/mol. The van der Waals surface area contributed by atoms with E-state index in [-0.39, 0.29) is 0 Å². The molecule has 1 nitrogen and oxygen atoms in total. The molecule has 1 unspecified atom stereocenters. The number of hydrogen-bond acceptors (Lipinski definition) is 1. The highest BCUT2D eigenvalue weighted by Crippen LogP contribution is 2.53. The predicted octanol–water partition coefficient (Wildman–Crippen LogP) is 4.08. The molecule has 0 aromatic carbocycles. The first-order chi connectivity index (χ1) is 6.83. The van der Waals surface area contributed by atoms with E-state index in [0.29, 0.717) is 0 Å². The van der Waals surface area contributed by atoms with Crippen molar-refractivity contribution in [3.63, 3.8) is 0 Å². The van der Waals surface area contributed by atoms with Gasteiger partial charge in [0.05, 0.1) is 0 Å². The first-order valence-electron chi connectivity index (χ1n) is 6.54. The fourth-order valence-corrected chi connectivity index (χ4v) is 1.76. The summed E-state index contributed by atoms with van der Waals surface area (Å²) in [7, 11) is 0. The average Bonchev–Trinajstić information content (AvgIpc) is 2.99. The Morgan fingerprint density at radius 3 is 1.50 bits per heavy atom. The van der Waals surface area contributed by atoms with E-state index in [1.165, 1.54) is 25.9 Å². The van der Waals surface area contributed by atoms with E-state index in [9.17, 15) is 0 Å². The third-order valence-electron chi connectivity index (χ3n) is 2.87. The first kappa shape index (κ1) is 16.4. The van der Waals surface area contributed by atoms with Crippen molar-refractivity contribution in [3.05, 3.63) is 0 Å². The lowest BCUT2D eigenvalue weighted by Gasteiger charge is -2.08. The Kier molecular flexibility index (Phi) is 11.1. The Morgan fingerprint density at radius 2 is 1.36 bits per heavy atom. The molecule has 0 amide bonds. The zero-order valence-electron chi connectivity index (χ0n) is 11.4. The Bertz CT molecular complexity index is 106. The molecule has 1 aliphatic heterocycles. The Balaban J connectivity index is 0. The van der Waals surface area contributed by atoms with Crippen LogP contribution in [0.25, 0.3) is 0 Å². The minimum absolute atomic E-state index is 0.792. The van der Waals surface area contributed by atoms with Crippen molar-refractivity contribution in [1.82, 2.24) is 5.32 Å². The van der Waals surface area contributed by atoms with Crippen molar-refractivity contribution >= 4 is 0 Å². The summed E-state index contributed by atoms with van der Waals surface area (Å²) < 4.78 is 0. The Morgan fingerprint density at radius 1 is 0.929 bits per heavy atom. The molecule has 88 valence electrons. The molecule has 0 radical (unpaired) electrons. The van der Waals surface area contributed by atoms with E-state index in [0.717, 1.165) is 11.3 Å². The van der Waals surface area contributed by atoms with E-state index >= 15 is 0 Å². The molecule has 1 saturated heterocycles. The summed E-state index contributed by atoms with van der Waals surface area (Å²) in [6, 6.07) is 0. The second-order valence-corrected chi connectivity index (χ2v) is 3.39. The molecule has 0 aromatic rings. The van der Waals surface area contributed by atoms with Gasteiger partial charge >= 0.3 is 0 Å². The summed E-state index contributed by atoms with van der Waals surface area (Å²) in [5.74, 6) is 0.961. The number of hydrogen-bond donors (Lipinski definition) is 1. The summed E-state index contributed by atoms with van der Waals surface area (Å²) >= 11 is 0. The van der Waals surface area contributed by atoms with Gasteiger partial charge in [0.2, 0.25) is 0 Å². The first-order valence-corrected chi connectivity index (χ1v) is 6.54. The minimum Gasteiger partial charge on any atom is -0.316 e. The van der Waals surface area contributed by atoms with E-state index in [1.807, 2.05) is 41.5 Å². The van der Waals surface area contributed by atoms with Crippen LogP contribution in [0.2, 0.25) is 0 Å². The lowest BCUT2D eigenvalue weighted by atomic mass is 9.95. The summed E-state index contributed by atoms with van der Waals surface area (Å²) in [5.41, 5.74) is 0.792. The monoisotopic (exact) mass is 201 g/mol. The van der Waals surface area contributed by atoms with Gasteiger partial charge in [-0.05, 0) is 30.7 Å². The zero-order valence-corrected chi connectivity index (χ0v) is 11.4. The molecule has 2 rings (SSSR count). The lowest BCUT2D eigenvalue weighted by Crippen LogP contribution is -2.09. The van der Waals surface area contributed by atoms with Crippen molar-refractivity contribution < 1.29 is 0 Å². The lowest BCUT2D eigenvalue weighted by molar-refractivity contribution is 0.432. The topological polar surface area (TPSA) is 12.0 Å². The van der Waals surface area contributed by atoms with Crippen molar-refractivity contribution in [1.29, 1.82) is 0 Å². The highest BCUT2D eigenvalue weighted by Gasteiger charge is 2.49. The molecule has 1 saturated carbocycles. The zero-order chi connectivity index (χ0) is 11.6. The molecule has 2 aliphatic rings. The van der Waals surface area contributed by atoms with Gasteiger partial charge in [-0.15, -0.1) is 0 Å². The van der Waals surface area contributed by atoms with Gasteiger partial charge in [-0.25, -0.2) is 0 Å². The van der Waals surface area contributed by atoms with Gasteiger partial charge in [-0.1, -0.05) is 48.5 Å². The molecular weight excluding hydrogens is 170 g/mol. The van der Waals surface area contributed by atoms with E-state index in [4.69, 9.17) is 0 Å². The van der Waals surface area contributed by atoms with Crippen LogP contribution in [0.1, 0.15) is 61.3 Å². The van der Waals surface area contributed by atoms with Crippen molar-refractivity contribution in [2.24, 2.45) is 11.3 Å².